The quantitative estimate of drug-likeness (QED) is 0.780. The third kappa shape index (κ3) is 4.81. The normalized spacial score (nSPS) is 12.5. The summed E-state index contributed by atoms with van der Waals surface area (Å²) in [6.07, 6.45) is 5.66. The van der Waals surface area contributed by atoms with Crippen LogP contribution in [0.5, 0.6) is 0 Å². The van der Waals surface area contributed by atoms with E-state index in [-0.39, 0.29) is 5.54 Å². The van der Waals surface area contributed by atoms with Gasteiger partial charge < -0.3 is 14.5 Å². The van der Waals surface area contributed by atoms with Crippen LogP contribution in [0.2, 0.25) is 0 Å². The molecular weight excluding hydrogens is 190 g/mol. The highest BCUT2D eigenvalue weighted by Gasteiger charge is 2.14. The standard InChI is InChI=1S/C12H19NO2/c1-12(2,10-14-3)13-8-4-6-11-7-5-9-15-11/h4-7,9,13H,8,10H2,1-3H3/b6-4+. The van der Waals surface area contributed by atoms with Gasteiger partial charge in [0.15, 0.2) is 0 Å². The van der Waals surface area contributed by atoms with Crippen LogP contribution >= 0.6 is 0 Å². The molecule has 0 atom stereocenters. The van der Waals surface area contributed by atoms with Gasteiger partial charge >= 0.3 is 0 Å². The van der Waals surface area contributed by atoms with Gasteiger partial charge in [0.1, 0.15) is 5.76 Å². The second-order valence-electron chi connectivity index (χ2n) is 4.12. The van der Waals surface area contributed by atoms with E-state index >= 15 is 0 Å². The molecule has 84 valence electrons. The summed E-state index contributed by atoms with van der Waals surface area (Å²) in [5.41, 5.74) is 0.00224. The predicted octanol–water partition coefficient (Wildman–Crippen LogP) is 2.31. The summed E-state index contributed by atoms with van der Waals surface area (Å²) in [7, 11) is 1.71. The van der Waals surface area contributed by atoms with E-state index < -0.39 is 0 Å². The van der Waals surface area contributed by atoms with Gasteiger partial charge in [-0.3, -0.25) is 0 Å². The summed E-state index contributed by atoms with van der Waals surface area (Å²) in [4.78, 5) is 0. The first-order chi connectivity index (χ1) is 7.14. The second kappa shape index (κ2) is 5.73. The molecule has 15 heavy (non-hydrogen) atoms. The van der Waals surface area contributed by atoms with E-state index in [9.17, 15) is 0 Å². The van der Waals surface area contributed by atoms with Crippen molar-refractivity contribution in [2.24, 2.45) is 0 Å². The average molecular weight is 209 g/mol. The Kier molecular flexibility index (Phi) is 4.59. The summed E-state index contributed by atoms with van der Waals surface area (Å²) < 4.78 is 10.3. The number of hydrogen-bond acceptors (Lipinski definition) is 3. The lowest BCUT2D eigenvalue weighted by Crippen LogP contribution is -2.43. The van der Waals surface area contributed by atoms with Gasteiger partial charge in [-0.25, -0.2) is 0 Å². The molecule has 0 unspecified atom stereocenters. The van der Waals surface area contributed by atoms with Crippen molar-refractivity contribution in [2.45, 2.75) is 19.4 Å². The molecule has 1 heterocycles. The molecule has 1 aromatic rings. The van der Waals surface area contributed by atoms with Crippen LogP contribution in [0.3, 0.4) is 0 Å². The molecule has 0 saturated carbocycles. The molecule has 0 aliphatic heterocycles. The first-order valence-electron chi connectivity index (χ1n) is 5.08. The lowest BCUT2D eigenvalue weighted by molar-refractivity contribution is 0.131. The van der Waals surface area contributed by atoms with Crippen molar-refractivity contribution in [2.75, 3.05) is 20.3 Å². The SMILES string of the molecule is COCC(C)(C)NC/C=C/c1ccco1. The number of furan rings is 1. The molecular formula is C12H19NO2. The Morgan fingerprint density at radius 3 is 2.93 bits per heavy atom. The highest BCUT2D eigenvalue weighted by molar-refractivity contribution is 5.42. The van der Waals surface area contributed by atoms with Crippen molar-refractivity contribution in [1.29, 1.82) is 0 Å². The zero-order valence-corrected chi connectivity index (χ0v) is 9.62. The van der Waals surface area contributed by atoms with E-state index in [1.54, 1.807) is 13.4 Å². The molecule has 0 radical (unpaired) electrons. The molecule has 0 aliphatic rings. The maximum atomic E-state index is 5.17. The maximum absolute atomic E-state index is 5.17. The Balaban J connectivity index is 2.26. The monoisotopic (exact) mass is 209 g/mol. The van der Waals surface area contributed by atoms with Crippen LogP contribution in [0.15, 0.2) is 28.9 Å². The number of ether oxygens (including phenoxy) is 1. The van der Waals surface area contributed by atoms with Crippen LogP contribution in [0, 0.1) is 0 Å². The average Bonchev–Trinajstić information content (AvgIpc) is 2.65. The number of nitrogens with one attached hydrogen (secondary N) is 1. The maximum Gasteiger partial charge on any atom is 0.126 e. The largest absolute Gasteiger partial charge is 0.465 e. The van der Waals surface area contributed by atoms with Crippen LogP contribution in [-0.2, 0) is 4.74 Å². The van der Waals surface area contributed by atoms with Crippen molar-refractivity contribution in [3.63, 3.8) is 0 Å². The first-order valence-corrected chi connectivity index (χ1v) is 5.08. The Hall–Kier alpha value is -1.06. The van der Waals surface area contributed by atoms with Crippen molar-refractivity contribution in [3.05, 3.63) is 30.2 Å². The lowest BCUT2D eigenvalue weighted by Gasteiger charge is -2.24. The van der Waals surface area contributed by atoms with Crippen molar-refractivity contribution < 1.29 is 9.15 Å². The Bertz CT molecular complexity index is 289. The molecule has 0 bridgehead atoms. The molecule has 3 heteroatoms. The highest BCUT2D eigenvalue weighted by Crippen LogP contribution is 2.03. The minimum Gasteiger partial charge on any atom is -0.465 e. The fourth-order valence-electron chi connectivity index (χ4n) is 1.31. The molecule has 1 rings (SSSR count). The predicted molar refractivity (Wildman–Crippen MR) is 61.7 cm³/mol. The van der Waals surface area contributed by atoms with Gasteiger partial charge in [-0.05, 0) is 32.1 Å². The van der Waals surface area contributed by atoms with Gasteiger partial charge in [0.05, 0.1) is 12.9 Å². The third-order valence-corrected chi connectivity index (χ3v) is 2.03. The second-order valence-corrected chi connectivity index (χ2v) is 4.12. The van der Waals surface area contributed by atoms with Crippen LogP contribution < -0.4 is 5.32 Å². The Labute approximate surface area is 91.1 Å². The van der Waals surface area contributed by atoms with Gasteiger partial charge in [0, 0.05) is 19.2 Å². The van der Waals surface area contributed by atoms with E-state index in [1.807, 2.05) is 24.3 Å². The fraction of sp³-hybridized carbons (Fsp3) is 0.500. The van der Waals surface area contributed by atoms with Gasteiger partial charge in [-0.1, -0.05) is 6.08 Å². The summed E-state index contributed by atoms with van der Waals surface area (Å²) >= 11 is 0. The molecule has 1 N–H and O–H groups in total. The minimum atomic E-state index is 0.00224. The number of rotatable bonds is 6. The van der Waals surface area contributed by atoms with E-state index in [4.69, 9.17) is 9.15 Å². The molecule has 0 amide bonds. The van der Waals surface area contributed by atoms with Gasteiger partial charge in [0.25, 0.3) is 0 Å². The van der Waals surface area contributed by atoms with E-state index in [1.165, 1.54) is 0 Å². The van der Waals surface area contributed by atoms with E-state index in [0.29, 0.717) is 6.61 Å². The van der Waals surface area contributed by atoms with Crippen LogP contribution in [0.4, 0.5) is 0 Å². The van der Waals surface area contributed by atoms with Gasteiger partial charge in [-0.15, -0.1) is 0 Å². The molecule has 0 spiro atoms. The summed E-state index contributed by atoms with van der Waals surface area (Å²) in [6.45, 7) is 5.72. The van der Waals surface area contributed by atoms with Crippen molar-refractivity contribution >= 4 is 6.08 Å². The molecule has 0 saturated heterocycles. The third-order valence-electron chi connectivity index (χ3n) is 2.03. The molecule has 1 aromatic heterocycles. The molecule has 0 aromatic carbocycles. The molecule has 3 nitrogen and oxygen atoms in total. The van der Waals surface area contributed by atoms with Gasteiger partial charge in [0.2, 0.25) is 0 Å². The number of hydrogen-bond donors (Lipinski definition) is 1. The van der Waals surface area contributed by atoms with Crippen LogP contribution in [0.1, 0.15) is 19.6 Å². The fourth-order valence-corrected chi connectivity index (χ4v) is 1.31. The molecule has 0 aliphatic carbocycles. The smallest absolute Gasteiger partial charge is 0.126 e. The topological polar surface area (TPSA) is 34.4 Å². The summed E-state index contributed by atoms with van der Waals surface area (Å²) in [5, 5.41) is 3.37. The van der Waals surface area contributed by atoms with E-state index in [0.717, 1.165) is 12.3 Å². The van der Waals surface area contributed by atoms with Crippen molar-refractivity contribution in [3.8, 4) is 0 Å². The summed E-state index contributed by atoms with van der Waals surface area (Å²) in [6, 6.07) is 3.80. The van der Waals surface area contributed by atoms with Crippen LogP contribution in [0.25, 0.3) is 6.08 Å². The zero-order chi connectivity index (χ0) is 11.1. The van der Waals surface area contributed by atoms with E-state index in [2.05, 4.69) is 19.2 Å². The van der Waals surface area contributed by atoms with Gasteiger partial charge in [-0.2, -0.15) is 0 Å². The summed E-state index contributed by atoms with van der Waals surface area (Å²) in [5.74, 6) is 0.876. The molecule has 0 fully saturated rings. The number of methoxy groups -OCH3 is 1. The lowest BCUT2D eigenvalue weighted by atomic mass is 10.1. The minimum absolute atomic E-state index is 0.00224. The van der Waals surface area contributed by atoms with Crippen molar-refractivity contribution in [1.82, 2.24) is 5.32 Å². The van der Waals surface area contributed by atoms with Crippen LogP contribution in [-0.4, -0.2) is 25.8 Å². The zero-order valence-electron chi connectivity index (χ0n) is 9.62. The highest BCUT2D eigenvalue weighted by atomic mass is 16.5. The Morgan fingerprint density at radius 1 is 1.53 bits per heavy atom. The Morgan fingerprint density at radius 2 is 2.33 bits per heavy atom. The first kappa shape index (κ1) is 12.0.